The Morgan fingerprint density at radius 3 is 2.31 bits per heavy atom. The summed E-state index contributed by atoms with van der Waals surface area (Å²) in [5.41, 5.74) is 5.47. The van der Waals surface area contributed by atoms with Gasteiger partial charge in [0.25, 0.3) is 0 Å². The van der Waals surface area contributed by atoms with E-state index in [4.69, 9.17) is 9.97 Å². The van der Waals surface area contributed by atoms with Crippen LogP contribution in [-0.2, 0) is 19.4 Å². The lowest BCUT2D eigenvalue weighted by Crippen LogP contribution is -2.37. The fourth-order valence-corrected chi connectivity index (χ4v) is 5.81. The van der Waals surface area contributed by atoms with E-state index in [1.807, 2.05) is 26.2 Å². The minimum absolute atomic E-state index is 0. The van der Waals surface area contributed by atoms with Gasteiger partial charge in [-0.1, -0.05) is 49.9 Å². The van der Waals surface area contributed by atoms with Gasteiger partial charge in [-0.3, -0.25) is 0 Å². The van der Waals surface area contributed by atoms with Crippen LogP contribution >= 0.6 is 0 Å². The van der Waals surface area contributed by atoms with Crippen molar-refractivity contribution in [2.75, 3.05) is 24.3 Å². The second-order valence-electron chi connectivity index (χ2n) is 10.1. The fourth-order valence-electron chi connectivity index (χ4n) is 5.81. The summed E-state index contributed by atoms with van der Waals surface area (Å²) in [4.78, 5) is 11.7. The van der Waals surface area contributed by atoms with Crippen LogP contribution in [0.2, 0.25) is 0 Å². The first-order chi connectivity index (χ1) is 16.7. The summed E-state index contributed by atoms with van der Waals surface area (Å²) in [6, 6.07) is 20.7. The zero-order chi connectivity index (χ0) is 23.1. The molecule has 0 saturated heterocycles. The van der Waals surface area contributed by atoms with Crippen molar-refractivity contribution in [2.45, 2.75) is 64.6 Å². The molecular weight excluding hydrogens is 430 g/mol. The van der Waals surface area contributed by atoms with Crippen molar-refractivity contribution in [2.24, 2.45) is 0 Å². The molecule has 1 heterocycles. The fraction of sp³-hybridized carbons (Fsp3) is 0.400. The molecule has 2 aliphatic carbocycles. The van der Waals surface area contributed by atoms with Crippen LogP contribution in [0.1, 0.15) is 49.8 Å². The number of para-hydroxylation sites is 1. The maximum Gasteiger partial charge on any atom is 0.225 e. The van der Waals surface area contributed by atoms with E-state index >= 15 is 0 Å². The Kier molecular flexibility index (Phi) is 6.61. The smallest absolute Gasteiger partial charge is 0.225 e. The van der Waals surface area contributed by atoms with E-state index in [0.717, 1.165) is 42.1 Å². The van der Waals surface area contributed by atoms with Gasteiger partial charge < -0.3 is 15.5 Å². The third kappa shape index (κ3) is 4.57. The summed E-state index contributed by atoms with van der Waals surface area (Å²) in [6.07, 6.45) is 7.00. The molecule has 5 heteroatoms. The standard InChI is InChI=1S/C29H33N5.CH4/c1-34(2)28-25-7-3-4-9-26(25)32-29(33-28)31-23-16-14-22(15-17-23)30-18-21-13-12-20-11-10-19-6-5-8-24(21)27(19)20;/h3-9,12-13,22-23,30H,10-11,14-18H2,1-2H3,(H,31,32,33);1H4. The Morgan fingerprint density at radius 1 is 0.800 bits per heavy atom. The largest absolute Gasteiger partial charge is 0.362 e. The molecule has 1 saturated carbocycles. The van der Waals surface area contributed by atoms with Crippen molar-refractivity contribution in [3.05, 3.63) is 71.3 Å². The van der Waals surface area contributed by atoms with Crippen molar-refractivity contribution < 1.29 is 0 Å². The number of hydrogen-bond donors (Lipinski definition) is 2. The normalized spacial score (nSPS) is 19.0. The van der Waals surface area contributed by atoms with Gasteiger partial charge in [-0.15, -0.1) is 0 Å². The SMILES string of the molecule is C.CN(C)c1nc(NC2CCC(NCc3ccc4c5c(cccc35)CC4)CC2)nc2ccccc12. The third-order valence-corrected chi connectivity index (χ3v) is 7.62. The molecule has 4 aromatic rings. The Balaban J connectivity index is 0.00000253. The first kappa shape index (κ1) is 23.6. The van der Waals surface area contributed by atoms with Gasteiger partial charge in [-0.2, -0.15) is 4.98 Å². The maximum atomic E-state index is 4.83. The molecule has 0 bridgehead atoms. The van der Waals surface area contributed by atoms with E-state index in [0.29, 0.717) is 12.1 Å². The Labute approximate surface area is 209 Å². The van der Waals surface area contributed by atoms with Crippen LogP contribution in [0.25, 0.3) is 21.7 Å². The highest BCUT2D eigenvalue weighted by Gasteiger charge is 2.23. The quantitative estimate of drug-likeness (QED) is 0.359. The molecular formula is C30H37N5. The van der Waals surface area contributed by atoms with Crippen LogP contribution < -0.4 is 15.5 Å². The number of aromatic nitrogens is 2. The highest BCUT2D eigenvalue weighted by atomic mass is 15.2. The summed E-state index contributed by atoms with van der Waals surface area (Å²) in [6.45, 7) is 0.947. The van der Waals surface area contributed by atoms with Gasteiger partial charge in [-0.05, 0) is 78.1 Å². The number of anilines is 2. The monoisotopic (exact) mass is 467 g/mol. The van der Waals surface area contributed by atoms with Crippen LogP contribution in [0.4, 0.5) is 11.8 Å². The van der Waals surface area contributed by atoms with E-state index in [9.17, 15) is 0 Å². The van der Waals surface area contributed by atoms with Gasteiger partial charge in [0.2, 0.25) is 5.95 Å². The lowest BCUT2D eigenvalue weighted by atomic mass is 9.91. The van der Waals surface area contributed by atoms with Crippen LogP contribution in [0.15, 0.2) is 54.6 Å². The molecule has 2 N–H and O–H groups in total. The predicted molar refractivity (Wildman–Crippen MR) is 148 cm³/mol. The number of fused-ring (bicyclic) bond motifs is 1. The predicted octanol–water partition coefficient (Wildman–Crippen LogP) is 6.10. The zero-order valence-corrected chi connectivity index (χ0v) is 20.1. The minimum atomic E-state index is 0. The average Bonchev–Trinajstić information content (AvgIpc) is 3.29. The molecule has 1 aromatic heterocycles. The summed E-state index contributed by atoms with van der Waals surface area (Å²) in [5, 5.41) is 11.5. The zero-order valence-electron chi connectivity index (χ0n) is 20.1. The molecule has 0 aliphatic heterocycles. The number of nitrogens with zero attached hydrogens (tertiary/aromatic N) is 3. The molecule has 6 rings (SSSR count). The number of aryl methyl sites for hydroxylation is 2. The topological polar surface area (TPSA) is 53.1 Å². The summed E-state index contributed by atoms with van der Waals surface area (Å²) in [7, 11) is 4.08. The highest BCUT2D eigenvalue weighted by molar-refractivity contribution is 5.93. The van der Waals surface area contributed by atoms with E-state index in [1.54, 1.807) is 0 Å². The lowest BCUT2D eigenvalue weighted by molar-refractivity contribution is 0.352. The van der Waals surface area contributed by atoms with E-state index in [1.165, 1.54) is 53.1 Å². The molecule has 1 fully saturated rings. The van der Waals surface area contributed by atoms with Gasteiger partial charge in [0.1, 0.15) is 5.82 Å². The lowest BCUT2D eigenvalue weighted by Gasteiger charge is -2.30. The second-order valence-corrected chi connectivity index (χ2v) is 10.1. The van der Waals surface area contributed by atoms with Gasteiger partial charge in [0.15, 0.2) is 0 Å². The molecule has 0 amide bonds. The highest BCUT2D eigenvalue weighted by Crippen LogP contribution is 2.33. The molecule has 0 radical (unpaired) electrons. The van der Waals surface area contributed by atoms with Crippen molar-refractivity contribution in [3.8, 4) is 0 Å². The van der Waals surface area contributed by atoms with Crippen molar-refractivity contribution >= 4 is 33.4 Å². The van der Waals surface area contributed by atoms with Crippen molar-refractivity contribution in [1.29, 1.82) is 0 Å². The summed E-state index contributed by atoms with van der Waals surface area (Å²) < 4.78 is 0. The van der Waals surface area contributed by atoms with Crippen LogP contribution in [0.5, 0.6) is 0 Å². The number of nitrogens with one attached hydrogen (secondary N) is 2. The van der Waals surface area contributed by atoms with Gasteiger partial charge in [-0.25, -0.2) is 4.98 Å². The average molecular weight is 468 g/mol. The van der Waals surface area contributed by atoms with E-state index in [2.05, 4.69) is 58.0 Å². The van der Waals surface area contributed by atoms with Crippen LogP contribution in [-0.4, -0.2) is 36.1 Å². The van der Waals surface area contributed by atoms with Crippen molar-refractivity contribution in [1.82, 2.24) is 15.3 Å². The first-order valence-electron chi connectivity index (χ1n) is 12.6. The van der Waals surface area contributed by atoms with Crippen LogP contribution in [0.3, 0.4) is 0 Å². The van der Waals surface area contributed by atoms with Crippen LogP contribution in [0, 0.1) is 0 Å². The molecule has 0 atom stereocenters. The molecule has 0 spiro atoms. The maximum absolute atomic E-state index is 4.83. The minimum Gasteiger partial charge on any atom is -0.362 e. The number of rotatable bonds is 6. The number of benzene rings is 3. The number of hydrogen-bond acceptors (Lipinski definition) is 5. The second kappa shape index (κ2) is 9.82. The third-order valence-electron chi connectivity index (χ3n) is 7.62. The molecule has 182 valence electrons. The van der Waals surface area contributed by atoms with E-state index in [-0.39, 0.29) is 7.43 Å². The molecule has 3 aromatic carbocycles. The van der Waals surface area contributed by atoms with Gasteiger partial charge in [0, 0.05) is 38.1 Å². The molecule has 2 aliphatic rings. The Bertz CT molecular complexity index is 1330. The summed E-state index contributed by atoms with van der Waals surface area (Å²) >= 11 is 0. The molecule has 5 nitrogen and oxygen atoms in total. The first-order valence-corrected chi connectivity index (χ1v) is 12.6. The van der Waals surface area contributed by atoms with E-state index < -0.39 is 0 Å². The van der Waals surface area contributed by atoms with Gasteiger partial charge >= 0.3 is 0 Å². The summed E-state index contributed by atoms with van der Waals surface area (Å²) in [5.74, 6) is 1.71. The molecule has 0 unspecified atom stereocenters. The Morgan fingerprint density at radius 2 is 1.51 bits per heavy atom. The van der Waals surface area contributed by atoms with Gasteiger partial charge in [0.05, 0.1) is 5.52 Å². The molecule has 35 heavy (non-hydrogen) atoms. The van der Waals surface area contributed by atoms with Crippen molar-refractivity contribution in [3.63, 3.8) is 0 Å². The Hall–Kier alpha value is -3.18.